The number of benzene rings is 1. The van der Waals surface area contributed by atoms with Crippen LogP contribution in [0.3, 0.4) is 0 Å². The first kappa shape index (κ1) is 14.5. The summed E-state index contributed by atoms with van der Waals surface area (Å²) in [7, 11) is 1.94. The van der Waals surface area contributed by atoms with Crippen LogP contribution in [0.15, 0.2) is 42.0 Å². The molecule has 3 rings (SSSR count). The minimum absolute atomic E-state index is 0.0995. The van der Waals surface area contributed by atoms with Gasteiger partial charge in [-0.2, -0.15) is 5.10 Å². The van der Waals surface area contributed by atoms with Crippen molar-refractivity contribution in [2.45, 2.75) is 19.4 Å². The lowest BCUT2D eigenvalue weighted by molar-refractivity contribution is -0.121. The molecule has 0 aliphatic heterocycles. The van der Waals surface area contributed by atoms with Crippen molar-refractivity contribution in [2.24, 2.45) is 12.1 Å². The summed E-state index contributed by atoms with van der Waals surface area (Å²) in [6.45, 7) is 0.671. The van der Waals surface area contributed by atoms with E-state index in [4.69, 9.17) is 0 Å². The predicted molar refractivity (Wildman–Crippen MR) is 83.8 cm³/mol. The zero-order chi connectivity index (χ0) is 15.4. The molecule has 3 aromatic rings. The average Bonchev–Trinajstić information content (AvgIpc) is 3.14. The van der Waals surface area contributed by atoms with Gasteiger partial charge in [0.05, 0.1) is 10.2 Å². The van der Waals surface area contributed by atoms with Crippen molar-refractivity contribution in [3.8, 4) is 0 Å². The molecule has 0 spiro atoms. The second-order valence-corrected chi connectivity index (χ2v) is 5.83. The number of aromatic nitrogens is 4. The monoisotopic (exact) mass is 316 g/mol. The summed E-state index contributed by atoms with van der Waals surface area (Å²) < 4.78 is 4.82. The number of thiazole rings is 1. The molecule has 0 radical (unpaired) electrons. The highest BCUT2D eigenvalue weighted by molar-refractivity contribution is 7.16. The van der Waals surface area contributed by atoms with E-state index >= 15 is 0 Å². The second kappa shape index (κ2) is 6.52. The van der Waals surface area contributed by atoms with E-state index in [1.165, 1.54) is 6.33 Å². The quantitative estimate of drug-likeness (QED) is 0.720. The van der Waals surface area contributed by atoms with Crippen LogP contribution < -0.4 is 10.2 Å². The molecule has 0 bridgehead atoms. The molecule has 2 aromatic heterocycles. The third-order valence-electron chi connectivity index (χ3n) is 3.25. The van der Waals surface area contributed by atoms with Gasteiger partial charge in [0.15, 0.2) is 0 Å². The molecule has 0 fully saturated rings. The number of nitrogens with zero attached hydrogens (tertiary/aromatic N) is 5. The molecule has 2 heterocycles. The number of hydrogen-bond donors (Lipinski definition) is 1. The summed E-state index contributed by atoms with van der Waals surface area (Å²) in [4.78, 5) is 16.4. The summed E-state index contributed by atoms with van der Waals surface area (Å²) in [5.41, 5.74) is 3.71. The number of amides is 1. The molecule has 0 saturated carbocycles. The third kappa shape index (κ3) is 3.22. The van der Waals surface area contributed by atoms with Crippen LogP contribution in [0.2, 0.25) is 0 Å². The topological polar surface area (TPSA) is 77.1 Å². The molecule has 0 aliphatic carbocycles. The van der Waals surface area contributed by atoms with Crippen molar-refractivity contribution in [2.75, 3.05) is 0 Å². The van der Waals surface area contributed by atoms with Crippen molar-refractivity contribution in [3.63, 3.8) is 0 Å². The first-order valence-corrected chi connectivity index (χ1v) is 7.75. The van der Waals surface area contributed by atoms with Crippen molar-refractivity contribution in [3.05, 3.63) is 41.7 Å². The maximum Gasteiger partial charge on any atom is 0.240 e. The fourth-order valence-electron chi connectivity index (χ4n) is 2.10. The zero-order valence-corrected chi connectivity index (χ0v) is 13.0. The van der Waals surface area contributed by atoms with Gasteiger partial charge >= 0.3 is 0 Å². The van der Waals surface area contributed by atoms with Gasteiger partial charge in [-0.25, -0.2) is 10.4 Å². The van der Waals surface area contributed by atoms with E-state index in [0.29, 0.717) is 19.4 Å². The summed E-state index contributed by atoms with van der Waals surface area (Å²) in [5.74, 6) is -0.0995. The van der Waals surface area contributed by atoms with Crippen LogP contribution in [0.5, 0.6) is 0 Å². The number of nitrogens with one attached hydrogen (secondary N) is 1. The SMILES string of the molecule is Cn1/c(=N/NC(=O)CCCn2cncn2)sc2ccccc21. The molecular formula is C14H16N6OS. The summed E-state index contributed by atoms with van der Waals surface area (Å²) in [6, 6.07) is 8.05. The Bertz CT molecular complexity index is 833. The fourth-order valence-corrected chi connectivity index (χ4v) is 3.08. The summed E-state index contributed by atoms with van der Waals surface area (Å²) in [6.07, 6.45) is 4.22. The number of para-hydroxylation sites is 1. The van der Waals surface area contributed by atoms with E-state index in [0.717, 1.165) is 15.0 Å². The van der Waals surface area contributed by atoms with Gasteiger partial charge in [-0.3, -0.25) is 9.48 Å². The Morgan fingerprint density at radius 2 is 2.27 bits per heavy atom. The van der Waals surface area contributed by atoms with Crippen molar-refractivity contribution in [1.82, 2.24) is 24.8 Å². The Kier molecular flexibility index (Phi) is 4.29. The normalized spacial score (nSPS) is 12.0. The number of aryl methyl sites for hydroxylation is 2. The molecule has 1 aromatic carbocycles. The number of fused-ring (bicyclic) bond motifs is 1. The Hall–Kier alpha value is -2.48. The molecule has 0 saturated heterocycles. The molecular weight excluding hydrogens is 300 g/mol. The highest BCUT2D eigenvalue weighted by atomic mass is 32.1. The van der Waals surface area contributed by atoms with Gasteiger partial charge in [0, 0.05) is 20.0 Å². The van der Waals surface area contributed by atoms with Crippen molar-refractivity contribution < 1.29 is 4.79 Å². The van der Waals surface area contributed by atoms with Crippen LogP contribution >= 0.6 is 11.3 Å². The van der Waals surface area contributed by atoms with Crippen molar-refractivity contribution >= 4 is 27.5 Å². The average molecular weight is 316 g/mol. The van der Waals surface area contributed by atoms with Gasteiger partial charge in [0.25, 0.3) is 0 Å². The van der Waals surface area contributed by atoms with Gasteiger partial charge < -0.3 is 4.57 Å². The van der Waals surface area contributed by atoms with Gasteiger partial charge in [-0.05, 0) is 18.6 Å². The standard InChI is InChI=1S/C14H16N6OS/c1-19-11-5-2-3-6-12(11)22-14(19)18-17-13(21)7-4-8-20-10-15-9-16-20/h2-3,5-6,9-10H,4,7-8H2,1H3,(H,17,21)/b18-14-. The lowest BCUT2D eigenvalue weighted by Crippen LogP contribution is -2.23. The summed E-state index contributed by atoms with van der Waals surface area (Å²) in [5, 5.41) is 8.20. The van der Waals surface area contributed by atoms with Gasteiger partial charge in [-0.15, -0.1) is 5.10 Å². The molecule has 0 atom stereocenters. The highest BCUT2D eigenvalue weighted by Gasteiger charge is 2.03. The van der Waals surface area contributed by atoms with E-state index in [2.05, 4.69) is 20.6 Å². The molecule has 1 N–H and O–H groups in total. The molecule has 22 heavy (non-hydrogen) atoms. The highest BCUT2D eigenvalue weighted by Crippen LogP contribution is 2.14. The van der Waals surface area contributed by atoms with Crippen LogP contribution in [0.4, 0.5) is 0 Å². The maximum absolute atomic E-state index is 11.8. The third-order valence-corrected chi connectivity index (χ3v) is 4.36. The fraction of sp³-hybridized carbons (Fsp3) is 0.286. The Morgan fingerprint density at radius 3 is 3.05 bits per heavy atom. The number of rotatable bonds is 5. The van der Waals surface area contributed by atoms with Crippen LogP contribution in [0.25, 0.3) is 10.2 Å². The van der Waals surface area contributed by atoms with Crippen molar-refractivity contribution in [1.29, 1.82) is 0 Å². The van der Waals surface area contributed by atoms with Gasteiger partial charge in [-0.1, -0.05) is 23.5 Å². The van der Waals surface area contributed by atoms with E-state index in [1.54, 1.807) is 22.3 Å². The smallest absolute Gasteiger partial charge is 0.240 e. The molecule has 8 heteroatoms. The first-order valence-electron chi connectivity index (χ1n) is 6.93. The van der Waals surface area contributed by atoms with Crippen LogP contribution in [0.1, 0.15) is 12.8 Å². The van der Waals surface area contributed by atoms with E-state index < -0.39 is 0 Å². The molecule has 0 aliphatic rings. The zero-order valence-electron chi connectivity index (χ0n) is 12.1. The van der Waals surface area contributed by atoms with Crippen LogP contribution in [-0.4, -0.2) is 25.2 Å². The lowest BCUT2D eigenvalue weighted by atomic mass is 10.3. The predicted octanol–water partition coefficient (Wildman–Crippen LogP) is 1.24. The lowest BCUT2D eigenvalue weighted by Gasteiger charge is -2.00. The second-order valence-electron chi connectivity index (χ2n) is 4.82. The minimum atomic E-state index is -0.0995. The van der Waals surface area contributed by atoms with Crippen LogP contribution in [0, 0.1) is 0 Å². The molecule has 0 unspecified atom stereocenters. The molecule has 7 nitrogen and oxygen atoms in total. The number of hydrogen-bond acceptors (Lipinski definition) is 5. The number of carbonyl (C=O) groups excluding carboxylic acids is 1. The summed E-state index contributed by atoms with van der Waals surface area (Å²) >= 11 is 1.55. The van der Waals surface area contributed by atoms with E-state index in [1.807, 2.05) is 35.9 Å². The molecule has 1 amide bonds. The Morgan fingerprint density at radius 1 is 1.41 bits per heavy atom. The number of carbonyl (C=O) groups is 1. The first-order chi connectivity index (χ1) is 10.7. The van der Waals surface area contributed by atoms with Crippen LogP contribution in [-0.2, 0) is 18.4 Å². The van der Waals surface area contributed by atoms with Gasteiger partial charge in [0.2, 0.25) is 10.7 Å². The minimum Gasteiger partial charge on any atom is -0.318 e. The largest absolute Gasteiger partial charge is 0.318 e. The Labute approximate surface area is 130 Å². The van der Waals surface area contributed by atoms with E-state index in [-0.39, 0.29) is 5.91 Å². The Balaban J connectivity index is 1.60. The molecule has 114 valence electrons. The maximum atomic E-state index is 11.8. The van der Waals surface area contributed by atoms with E-state index in [9.17, 15) is 4.79 Å². The van der Waals surface area contributed by atoms with Gasteiger partial charge in [0.1, 0.15) is 12.7 Å².